The van der Waals surface area contributed by atoms with Gasteiger partial charge in [0.15, 0.2) is 5.78 Å². The van der Waals surface area contributed by atoms with E-state index in [0.717, 1.165) is 43.0 Å². The molecule has 0 unspecified atom stereocenters. The van der Waals surface area contributed by atoms with Gasteiger partial charge in [-0.15, -0.1) is 0 Å². The molecule has 0 saturated carbocycles. The summed E-state index contributed by atoms with van der Waals surface area (Å²) >= 11 is 5.89. The van der Waals surface area contributed by atoms with E-state index in [1.54, 1.807) is 24.3 Å². The number of hydrogen-bond acceptors (Lipinski definition) is 4. The van der Waals surface area contributed by atoms with Crippen molar-refractivity contribution in [2.24, 2.45) is 0 Å². The number of carbonyl (C=O) groups is 2. The second-order valence-electron chi connectivity index (χ2n) is 9.18. The molecule has 1 fully saturated rings. The summed E-state index contributed by atoms with van der Waals surface area (Å²) in [5.41, 5.74) is 3.97. The maximum absolute atomic E-state index is 12.7. The molecule has 0 bridgehead atoms. The van der Waals surface area contributed by atoms with Crippen LogP contribution >= 0.6 is 11.6 Å². The van der Waals surface area contributed by atoms with E-state index in [2.05, 4.69) is 51.9 Å². The van der Waals surface area contributed by atoms with Gasteiger partial charge in [0.1, 0.15) is 5.82 Å². The van der Waals surface area contributed by atoms with E-state index in [0.29, 0.717) is 23.7 Å². The van der Waals surface area contributed by atoms with Crippen LogP contribution in [0.25, 0.3) is 11.0 Å². The van der Waals surface area contributed by atoms with Crippen molar-refractivity contribution in [2.75, 3.05) is 26.2 Å². The van der Waals surface area contributed by atoms with Crippen molar-refractivity contribution in [2.45, 2.75) is 25.9 Å². The largest absolute Gasteiger partial charge is 0.340 e. The first-order valence-electron chi connectivity index (χ1n) is 12.3. The fourth-order valence-corrected chi connectivity index (χ4v) is 4.83. The maximum atomic E-state index is 12.7. The van der Waals surface area contributed by atoms with E-state index in [1.165, 1.54) is 5.56 Å². The molecule has 1 saturated heterocycles. The molecule has 6 nitrogen and oxygen atoms in total. The third-order valence-corrected chi connectivity index (χ3v) is 6.99. The first-order chi connectivity index (χ1) is 17.6. The van der Waals surface area contributed by atoms with Crippen LogP contribution in [0.2, 0.25) is 5.02 Å². The third kappa shape index (κ3) is 5.66. The normalized spacial score (nSPS) is 14.3. The molecule has 5 rings (SSSR count). The van der Waals surface area contributed by atoms with Crippen LogP contribution in [-0.2, 0) is 17.9 Å². The first-order valence-corrected chi connectivity index (χ1v) is 12.7. The molecule has 36 heavy (non-hydrogen) atoms. The van der Waals surface area contributed by atoms with Crippen LogP contribution in [0.5, 0.6) is 0 Å². The van der Waals surface area contributed by atoms with Gasteiger partial charge < -0.3 is 9.47 Å². The maximum Gasteiger partial charge on any atom is 0.223 e. The Bertz CT molecular complexity index is 1340. The molecule has 0 atom stereocenters. The number of para-hydroxylation sites is 2. The second-order valence-corrected chi connectivity index (χ2v) is 9.61. The lowest BCUT2D eigenvalue weighted by atomic mass is 10.1. The van der Waals surface area contributed by atoms with Gasteiger partial charge in [-0.05, 0) is 42.0 Å². The Morgan fingerprint density at radius 3 is 2.22 bits per heavy atom. The molecular formula is C29H29ClN4O2. The number of carbonyl (C=O) groups excluding carboxylic acids is 2. The highest BCUT2D eigenvalue weighted by atomic mass is 35.5. The summed E-state index contributed by atoms with van der Waals surface area (Å²) in [6.45, 7) is 4.39. The zero-order valence-electron chi connectivity index (χ0n) is 20.1. The van der Waals surface area contributed by atoms with Crippen molar-refractivity contribution in [3.05, 3.63) is 101 Å². The van der Waals surface area contributed by atoms with Gasteiger partial charge in [0, 0.05) is 56.2 Å². The van der Waals surface area contributed by atoms with Gasteiger partial charge in [-0.1, -0.05) is 54.1 Å². The molecule has 7 heteroatoms. The number of ketones is 1. The lowest BCUT2D eigenvalue weighted by Crippen LogP contribution is -2.48. The van der Waals surface area contributed by atoms with Gasteiger partial charge in [-0.25, -0.2) is 4.98 Å². The molecule has 2 heterocycles. The molecule has 0 N–H and O–H groups in total. The zero-order valence-corrected chi connectivity index (χ0v) is 20.9. The second kappa shape index (κ2) is 11.1. The van der Waals surface area contributed by atoms with Gasteiger partial charge in [-0.2, -0.15) is 0 Å². The minimum atomic E-state index is -0.0315. The number of halogens is 1. The average molecular weight is 501 g/mol. The van der Waals surface area contributed by atoms with Crippen LogP contribution in [0.15, 0.2) is 78.9 Å². The van der Waals surface area contributed by atoms with Gasteiger partial charge in [0.25, 0.3) is 0 Å². The molecule has 1 aliphatic rings. The van der Waals surface area contributed by atoms with E-state index in [4.69, 9.17) is 16.6 Å². The Balaban J connectivity index is 1.18. The molecule has 0 spiro atoms. The van der Waals surface area contributed by atoms with Gasteiger partial charge in [0.2, 0.25) is 5.91 Å². The van der Waals surface area contributed by atoms with Crippen molar-refractivity contribution in [3.8, 4) is 0 Å². The topological polar surface area (TPSA) is 58.4 Å². The lowest BCUT2D eigenvalue weighted by Gasteiger charge is -2.34. The van der Waals surface area contributed by atoms with E-state index in [1.807, 2.05) is 17.0 Å². The number of Topliss-reactive ketones (excluding diaryl/α,β-unsaturated/α-hetero) is 1. The minimum Gasteiger partial charge on any atom is -0.340 e. The van der Waals surface area contributed by atoms with Crippen LogP contribution in [0.3, 0.4) is 0 Å². The van der Waals surface area contributed by atoms with E-state index in [-0.39, 0.29) is 24.5 Å². The summed E-state index contributed by atoms with van der Waals surface area (Å²) in [4.78, 5) is 34.3. The van der Waals surface area contributed by atoms with Crippen molar-refractivity contribution in [3.63, 3.8) is 0 Å². The Hall–Kier alpha value is -3.48. The third-order valence-electron chi connectivity index (χ3n) is 6.74. The first kappa shape index (κ1) is 24.2. The fourth-order valence-electron chi connectivity index (χ4n) is 4.70. The van der Waals surface area contributed by atoms with Crippen molar-refractivity contribution in [1.29, 1.82) is 0 Å². The minimum absolute atomic E-state index is 0.0315. The number of hydrogen-bond donors (Lipinski definition) is 0. The highest BCUT2D eigenvalue weighted by Crippen LogP contribution is 2.20. The van der Waals surface area contributed by atoms with Crippen LogP contribution in [0, 0.1) is 0 Å². The Kier molecular flexibility index (Phi) is 7.44. The summed E-state index contributed by atoms with van der Waals surface area (Å²) < 4.78 is 2.30. The quantitative estimate of drug-likeness (QED) is 0.318. The number of rotatable bonds is 8. The van der Waals surface area contributed by atoms with E-state index >= 15 is 0 Å². The Morgan fingerprint density at radius 2 is 1.47 bits per heavy atom. The molecule has 184 valence electrons. The summed E-state index contributed by atoms with van der Waals surface area (Å²) in [5.74, 6) is 1.04. The predicted octanol–water partition coefficient (Wildman–Crippen LogP) is 5.05. The fraction of sp³-hybridized carbons (Fsp3) is 0.276. The number of piperazine rings is 1. The molecule has 3 aromatic carbocycles. The number of fused-ring (bicyclic) bond motifs is 1. The average Bonchev–Trinajstić information content (AvgIpc) is 3.25. The number of aromatic nitrogens is 2. The Morgan fingerprint density at radius 1 is 0.778 bits per heavy atom. The lowest BCUT2D eigenvalue weighted by molar-refractivity contribution is -0.133. The van der Waals surface area contributed by atoms with Gasteiger partial charge in [0.05, 0.1) is 17.6 Å². The van der Waals surface area contributed by atoms with Crippen LogP contribution in [-0.4, -0.2) is 57.2 Å². The van der Waals surface area contributed by atoms with E-state index in [9.17, 15) is 9.59 Å². The van der Waals surface area contributed by atoms with Gasteiger partial charge >= 0.3 is 0 Å². The van der Waals surface area contributed by atoms with Gasteiger partial charge in [-0.3, -0.25) is 14.5 Å². The Labute approximate surface area is 216 Å². The molecule has 1 amide bonds. The van der Waals surface area contributed by atoms with Crippen LogP contribution in [0.4, 0.5) is 0 Å². The molecule has 1 aliphatic heterocycles. The monoisotopic (exact) mass is 500 g/mol. The van der Waals surface area contributed by atoms with Crippen LogP contribution < -0.4 is 0 Å². The summed E-state index contributed by atoms with van der Waals surface area (Å²) in [5, 5.41) is 0.594. The summed E-state index contributed by atoms with van der Waals surface area (Å²) in [7, 11) is 0. The zero-order chi connectivity index (χ0) is 24.9. The van der Waals surface area contributed by atoms with Crippen LogP contribution in [0.1, 0.15) is 34.6 Å². The summed E-state index contributed by atoms with van der Waals surface area (Å²) in [6, 6.07) is 25.5. The summed E-state index contributed by atoms with van der Waals surface area (Å²) in [6.07, 6.45) is 0.443. The number of benzene rings is 3. The van der Waals surface area contributed by atoms with Crippen molar-refractivity contribution in [1.82, 2.24) is 19.4 Å². The predicted molar refractivity (Wildman–Crippen MR) is 142 cm³/mol. The van der Waals surface area contributed by atoms with Crippen molar-refractivity contribution >= 4 is 34.3 Å². The highest BCUT2D eigenvalue weighted by Gasteiger charge is 2.23. The molecule has 1 aromatic heterocycles. The molecular weight excluding hydrogens is 472 g/mol. The molecule has 0 radical (unpaired) electrons. The van der Waals surface area contributed by atoms with E-state index < -0.39 is 0 Å². The number of nitrogens with zero attached hydrogens (tertiary/aromatic N) is 4. The SMILES string of the molecule is O=C(CCC(=O)N1CCN(Cc2nc3ccccc3n2Cc2ccccc2)CC1)c1ccc(Cl)cc1. The van der Waals surface area contributed by atoms with Crippen molar-refractivity contribution < 1.29 is 9.59 Å². The smallest absolute Gasteiger partial charge is 0.223 e. The molecule has 4 aromatic rings. The highest BCUT2D eigenvalue weighted by molar-refractivity contribution is 6.30. The standard InChI is InChI=1S/C29H29ClN4O2/c30-24-12-10-23(11-13-24)27(35)14-15-29(36)33-18-16-32(17-19-33)21-28-31-25-8-4-5-9-26(25)34(28)20-22-6-2-1-3-7-22/h1-13H,14-21H2. The number of amides is 1. The number of imidazole rings is 1. The molecule has 0 aliphatic carbocycles.